The van der Waals surface area contributed by atoms with E-state index in [0.717, 1.165) is 26.8 Å². The molecule has 0 radical (unpaired) electrons. The number of halogens is 2. The smallest absolute Gasteiger partial charge is 0.227 e. The minimum absolute atomic E-state index is 0.593. The van der Waals surface area contributed by atoms with Gasteiger partial charge in [-0.2, -0.15) is 0 Å². The second kappa shape index (κ2) is 6.82. The van der Waals surface area contributed by atoms with Crippen molar-refractivity contribution in [3.05, 3.63) is 81.8 Å². The quantitative estimate of drug-likeness (QED) is 0.353. The van der Waals surface area contributed by atoms with Crippen LogP contribution in [0.25, 0.3) is 22.6 Å². The molecule has 25 heavy (non-hydrogen) atoms. The second-order valence-corrected chi connectivity index (χ2v) is 6.84. The van der Waals surface area contributed by atoms with Gasteiger partial charge >= 0.3 is 0 Å². The van der Waals surface area contributed by atoms with Crippen LogP contribution in [0.2, 0.25) is 5.02 Å². The molecule has 0 saturated heterocycles. The molecule has 0 N–H and O–H groups in total. The fourth-order valence-electron chi connectivity index (χ4n) is 2.44. The van der Waals surface area contributed by atoms with Crippen LogP contribution in [-0.2, 0) is 0 Å². The standard InChI is InChI=1S/C20H12BrClN2O/c21-15-3-1-2-14(10-15)20-24-18-9-8-17(11-19(18)25-20)23-12-13-4-6-16(22)7-5-13/h1-12H. The molecule has 1 aromatic heterocycles. The molecule has 0 amide bonds. The minimum atomic E-state index is 0.593. The normalized spacial score (nSPS) is 11.4. The van der Waals surface area contributed by atoms with Gasteiger partial charge in [-0.05, 0) is 48.0 Å². The van der Waals surface area contributed by atoms with Gasteiger partial charge in [-0.3, -0.25) is 4.99 Å². The van der Waals surface area contributed by atoms with Gasteiger partial charge < -0.3 is 4.42 Å². The van der Waals surface area contributed by atoms with Crippen LogP contribution in [0, 0.1) is 0 Å². The van der Waals surface area contributed by atoms with Crippen molar-refractivity contribution in [3.63, 3.8) is 0 Å². The van der Waals surface area contributed by atoms with E-state index in [1.54, 1.807) is 6.21 Å². The summed E-state index contributed by atoms with van der Waals surface area (Å²) in [5, 5.41) is 0.709. The zero-order chi connectivity index (χ0) is 17.2. The number of nitrogens with zero attached hydrogens (tertiary/aromatic N) is 2. The van der Waals surface area contributed by atoms with Gasteiger partial charge in [-0.1, -0.05) is 45.7 Å². The molecular weight excluding hydrogens is 400 g/mol. The lowest BCUT2D eigenvalue weighted by Crippen LogP contribution is -1.79. The van der Waals surface area contributed by atoms with E-state index < -0.39 is 0 Å². The van der Waals surface area contributed by atoms with E-state index in [4.69, 9.17) is 16.0 Å². The van der Waals surface area contributed by atoms with Crippen molar-refractivity contribution >= 4 is 50.5 Å². The predicted octanol–water partition coefficient (Wildman–Crippen LogP) is 6.66. The second-order valence-electron chi connectivity index (χ2n) is 5.49. The third-order valence-electron chi connectivity index (χ3n) is 3.68. The van der Waals surface area contributed by atoms with Crippen LogP contribution in [0.4, 0.5) is 5.69 Å². The van der Waals surface area contributed by atoms with Crippen LogP contribution in [0.15, 0.2) is 80.6 Å². The van der Waals surface area contributed by atoms with Gasteiger partial charge in [0.2, 0.25) is 5.89 Å². The lowest BCUT2D eigenvalue weighted by Gasteiger charge is -1.95. The average molecular weight is 412 g/mol. The molecular formula is C20H12BrClN2O. The Morgan fingerprint density at radius 3 is 2.64 bits per heavy atom. The molecule has 1 heterocycles. The Morgan fingerprint density at radius 1 is 1.00 bits per heavy atom. The van der Waals surface area contributed by atoms with Gasteiger partial charge in [-0.15, -0.1) is 0 Å². The lowest BCUT2D eigenvalue weighted by molar-refractivity contribution is 0.620. The lowest BCUT2D eigenvalue weighted by atomic mass is 10.2. The molecule has 4 aromatic rings. The largest absolute Gasteiger partial charge is 0.436 e. The summed E-state index contributed by atoms with van der Waals surface area (Å²) in [6, 6.07) is 21.1. The monoisotopic (exact) mass is 410 g/mol. The Balaban J connectivity index is 1.65. The molecule has 0 saturated carbocycles. The molecule has 3 aromatic carbocycles. The molecule has 0 aliphatic heterocycles. The first-order valence-electron chi connectivity index (χ1n) is 7.63. The fraction of sp³-hybridized carbons (Fsp3) is 0. The van der Waals surface area contributed by atoms with Crippen LogP contribution in [-0.4, -0.2) is 11.2 Å². The zero-order valence-electron chi connectivity index (χ0n) is 13.0. The summed E-state index contributed by atoms with van der Waals surface area (Å²) in [4.78, 5) is 9.03. The first-order valence-corrected chi connectivity index (χ1v) is 8.81. The van der Waals surface area contributed by atoms with Gasteiger partial charge in [0.05, 0.1) is 5.69 Å². The maximum Gasteiger partial charge on any atom is 0.227 e. The van der Waals surface area contributed by atoms with Gasteiger partial charge in [0.25, 0.3) is 0 Å². The van der Waals surface area contributed by atoms with Crippen LogP contribution >= 0.6 is 27.5 Å². The SMILES string of the molecule is Clc1ccc(C=Nc2ccc3nc(-c4cccc(Br)c4)oc3c2)cc1. The summed E-state index contributed by atoms with van der Waals surface area (Å²) >= 11 is 9.36. The fourth-order valence-corrected chi connectivity index (χ4v) is 2.96. The number of hydrogen-bond donors (Lipinski definition) is 0. The highest BCUT2D eigenvalue weighted by Crippen LogP contribution is 2.28. The molecule has 0 aliphatic carbocycles. The van der Waals surface area contributed by atoms with E-state index in [2.05, 4.69) is 25.9 Å². The third kappa shape index (κ3) is 3.65. The van der Waals surface area contributed by atoms with Gasteiger partial charge in [-0.25, -0.2) is 4.98 Å². The molecule has 0 atom stereocenters. The van der Waals surface area contributed by atoms with E-state index in [-0.39, 0.29) is 0 Å². The Kier molecular flexibility index (Phi) is 4.38. The van der Waals surface area contributed by atoms with E-state index >= 15 is 0 Å². The highest BCUT2D eigenvalue weighted by Gasteiger charge is 2.09. The summed E-state index contributed by atoms with van der Waals surface area (Å²) in [7, 11) is 0. The van der Waals surface area contributed by atoms with Crippen LogP contribution < -0.4 is 0 Å². The molecule has 0 bridgehead atoms. The number of benzene rings is 3. The summed E-state index contributed by atoms with van der Waals surface area (Å²) in [5.41, 5.74) is 4.23. The minimum Gasteiger partial charge on any atom is -0.436 e. The van der Waals surface area contributed by atoms with Gasteiger partial charge in [0, 0.05) is 27.3 Å². The molecule has 0 aliphatic rings. The first-order chi connectivity index (χ1) is 12.2. The summed E-state index contributed by atoms with van der Waals surface area (Å²) < 4.78 is 6.88. The van der Waals surface area contributed by atoms with Crippen LogP contribution in [0.1, 0.15) is 5.56 Å². The average Bonchev–Trinajstić information content (AvgIpc) is 3.05. The van der Waals surface area contributed by atoms with E-state index in [1.165, 1.54) is 0 Å². The topological polar surface area (TPSA) is 38.4 Å². The Bertz CT molecular complexity index is 1070. The number of aliphatic imine (C=N–C) groups is 1. The highest BCUT2D eigenvalue weighted by atomic mass is 79.9. The van der Waals surface area contributed by atoms with Crippen molar-refractivity contribution in [1.29, 1.82) is 0 Å². The van der Waals surface area contributed by atoms with Gasteiger partial charge in [0.15, 0.2) is 5.58 Å². The molecule has 4 rings (SSSR count). The number of aromatic nitrogens is 1. The van der Waals surface area contributed by atoms with E-state index in [1.807, 2.05) is 66.7 Å². The molecule has 3 nitrogen and oxygen atoms in total. The summed E-state index contributed by atoms with van der Waals surface area (Å²) in [6.07, 6.45) is 1.79. The van der Waals surface area contributed by atoms with Crippen LogP contribution in [0.5, 0.6) is 0 Å². The maximum atomic E-state index is 5.89. The van der Waals surface area contributed by atoms with Crippen LogP contribution in [0.3, 0.4) is 0 Å². The number of rotatable bonds is 3. The zero-order valence-corrected chi connectivity index (χ0v) is 15.3. The number of hydrogen-bond acceptors (Lipinski definition) is 3. The van der Waals surface area contributed by atoms with Crippen molar-refractivity contribution in [1.82, 2.24) is 4.98 Å². The van der Waals surface area contributed by atoms with Crippen molar-refractivity contribution < 1.29 is 4.42 Å². The van der Waals surface area contributed by atoms with Gasteiger partial charge in [0.1, 0.15) is 5.52 Å². The number of fused-ring (bicyclic) bond motifs is 1. The Hall–Kier alpha value is -2.43. The maximum absolute atomic E-state index is 5.89. The Labute approximate surface area is 158 Å². The highest BCUT2D eigenvalue weighted by molar-refractivity contribution is 9.10. The molecule has 5 heteroatoms. The molecule has 0 unspecified atom stereocenters. The molecule has 122 valence electrons. The third-order valence-corrected chi connectivity index (χ3v) is 4.42. The molecule has 0 spiro atoms. The van der Waals surface area contributed by atoms with E-state index in [9.17, 15) is 0 Å². The number of oxazole rings is 1. The van der Waals surface area contributed by atoms with Crippen molar-refractivity contribution in [2.45, 2.75) is 0 Å². The summed E-state index contributed by atoms with van der Waals surface area (Å²) in [6.45, 7) is 0. The van der Waals surface area contributed by atoms with Crippen molar-refractivity contribution in [3.8, 4) is 11.5 Å². The molecule has 0 fully saturated rings. The predicted molar refractivity (Wildman–Crippen MR) is 106 cm³/mol. The Morgan fingerprint density at radius 2 is 1.84 bits per heavy atom. The summed E-state index contributed by atoms with van der Waals surface area (Å²) in [5.74, 6) is 0.593. The first kappa shape index (κ1) is 16.1. The van der Waals surface area contributed by atoms with Crippen molar-refractivity contribution in [2.75, 3.05) is 0 Å². The van der Waals surface area contributed by atoms with E-state index in [0.29, 0.717) is 16.5 Å². The van der Waals surface area contributed by atoms with Crippen molar-refractivity contribution in [2.24, 2.45) is 4.99 Å².